The van der Waals surface area contributed by atoms with Crippen LogP contribution in [0, 0.1) is 0 Å². The van der Waals surface area contributed by atoms with Crippen molar-refractivity contribution in [2.75, 3.05) is 26.2 Å². The SMILES string of the molecule is CCOC(=O)C1CNCCN1S(=O)(=O)c1cnc[nH]1. The summed E-state index contributed by atoms with van der Waals surface area (Å²) in [5.41, 5.74) is 0. The zero-order valence-electron chi connectivity index (χ0n) is 10.5. The summed E-state index contributed by atoms with van der Waals surface area (Å²) in [4.78, 5) is 18.1. The van der Waals surface area contributed by atoms with E-state index in [1.807, 2.05) is 0 Å². The van der Waals surface area contributed by atoms with Crippen LogP contribution in [0.5, 0.6) is 0 Å². The molecule has 8 nitrogen and oxygen atoms in total. The van der Waals surface area contributed by atoms with E-state index in [-0.39, 0.29) is 24.7 Å². The molecule has 1 fully saturated rings. The van der Waals surface area contributed by atoms with Gasteiger partial charge in [0.2, 0.25) is 0 Å². The fourth-order valence-electron chi connectivity index (χ4n) is 1.92. The third-order valence-corrected chi connectivity index (χ3v) is 4.65. The number of esters is 1. The van der Waals surface area contributed by atoms with Crippen LogP contribution < -0.4 is 5.32 Å². The molecule has 1 saturated heterocycles. The zero-order chi connectivity index (χ0) is 13.9. The fourth-order valence-corrected chi connectivity index (χ4v) is 3.40. The first kappa shape index (κ1) is 14.0. The van der Waals surface area contributed by atoms with Crippen molar-refractivity contribution < 1.29 is 17.9 Å². The van der Waals surface area contributed by atoms with Crippen LogP contribution >= 0.6 is 0 Å². The average Bonchev–Trinajstić information content (AvgIpc) is 2.93. The van der Waals surface area contributed by atoms with E-state index in [4.69, 9.17) is 4.74 Å². The Kier molecular flexibility index (Phi) is 4.17. The summed E-state index contributed by atoms with van der Waals surface area (Å²) in [5.74, 6) is -0.544. The van der Waals surface area contributed by atoms with Crippen molar-refractivity contribution in [1.82, 2.24) is 19.6 Å². The first-order valence-corrected chi connectivity index (χ1v) is 7.39. The summed E-state index contributed by atoms with van der Waals surface area (Å²) in [5, 5.41) is 2.96. The Morgan fingerprint density at radius 3 is 3.05 bits per heavy atom. The predicted molar refractivity (Wildman–Crippen MR) is 65.8 cm³/mol. The number of nitrogens with zero attached hydrogens (tertiary/aromatic N) is 2. The van der Waals surface area contributed by atoms with Crippen molar-refractivity contribution in [1.29, 1.82) is 0 Å². The number of ether oxygens (including phenoxy) is 1. The average molecular weight is 288 g/mol. The molecular formula is C10H16N4O4S. The molecule has 9 heteroatoms. The minimum absolute atomic E-state index is 0.0244. The number of H-pyrrole nitrogens is 1. The highest BCUT2D eigenvalue weighted by Crippen LogP contribution is 2.17. The number of aromatic nitrogens is 2. The molecule has 0 aliphatic carbocycles. The standard InChI is InChI=1S/C10H16N4O4S/c1-2-18-10(15)8-5-11-3-4-14(8)19(16,17)9-6-12-7-13-9/h6-8,11H,2-5H2,1H3,(H,12,13). The molecule has 2 rings (SSSR count). The van der Waals surface area contributed by atoms with Gasteiger partial charge in [0.05, 0.1) is 19.1 Å². The van der Waals surface area contributed by atoms with Crippen LogP contribution in [0.4, 0.5) is 0 Å². The highest BCUT2D eigenvalue weighted by atomic mass is 32.2. The zero-order valence-corrected chi connectivity index (χ0v) is 11.3. The normalized spacial score (nSPS) is 21.2. The third kappa shape index (κ3) is 2.77. The topological polar surface area (TPSA) is 104 Å². The van der Waals surface area contributed by atoms with Gasteiger partial charge in [0.25, 0.3) is 10.0 Å². The summed E-state index contributed by atoms with van der Waals surface area (Å²) < 4.78 is 30.8. The van der Waals surface area contributed by atoms with E-state index in [0.29, 0.717) is 6.54 Å². The van der Waals surface area contributed by atoms with Gasteiger partial charge in [0, 0.05) is 19.6 Å². The monoisotopic (exact) mass is 288 g/mol. The number of carbonyl (C=O) groups excluding carboxylic acids is 1. The van der Waals surface area contributed by atoms with Crippen LogP contribution in [0.1, 0.15) is 6.92 Å². The van der Waals surface area contributed by atoms with Crippen LogP contribution in [0.15, 0.2) is 17.6 Å². The second kappa shape index (κ2) is 5.68. The van der Waals surface area contributed by atoms with Gasteiger partial charge in [0.1, 0.15) is 6.04 Å². The molecule has 0 spiro atoms. The van der Waals surface area contributed by atoms with Crippen LogP contribution in [-0.4, -0.2) is 60.9 Å². The Hall–Kier alpha value is -1.45. The number of imidazole rings is 1. The third-order valence-electron chi connectivity index (χ3n) is 2.81. The van der Waals surface area contributed by atoms with Crippen molar-refractivity contribution in [3.8, 4) is 0 Å². The molecular weight excluding hydrogens is 272 g/mol. The van der Waals surface area contributed by atoms with Gasteiger partial charge in [0.15, 0.2) is 5.03 Å². The smallest absolute Gasteiger partial charge is 0.325 e. The lowest BCUT2D eigenvalue weighted by Crippen LogP contribution is -2.57. The largest absolute Gasteiger partial charge is 0.465 e. The predicted octanol–water partition coefficient (Wildman–Crippen LogP) is -1.06. The lowest BCUT2D eigenvalue weighted by molar-refractivity contribution is -0.148. The highest BCUT2D eigenvalue weighted by molar-refractivity contribution is 7.89. The van der Waals surface area contributed by atoms with Crippen LogP contribution in [-0.2, 0) is 19.6 Å². The summed E-state index contributed by atoms with van der Waals surface area (Å²) >= 11 is 0. The molecule has 0 bridgehead atoms. The maximum absolute atomic E-state index is 12.4. The van der Waals surface area contributed by atoms with Crippen molar-refractivity contribution in [2.24, 2.45) is 0 Å². The van der Waals surface area contributed by atoms with Crippen molar-refractivity contribution in [3.05, 3.63) is 12.5 Å². The Bertz CT molecular complexity index is 528. The molecule has 1 aromatic heterocycles. The molecule has 0 radical (unpaired) electrons. The first-order valence-electron chi connectivity index (χ1n) is 5.95. The van der Waals surface area contributed by atoms with E-state index >= 15 is 0 Å². The lowest BCUT2D eigenvalue weighted by atomic mass is 10.2. The van der Waals surface area contributed by atoms with Gasteiger partial charge in [-0.05, 0) is 6.92 Å². The van der Waals surface area contributed by atoms with Crippen molar-refractivity contribution in [3.63, 3.8) is 0 Å². The van der Waals surface area contributed by atoms with Gasteiger partial charge in [-0.3, -0.25) is 4.79 Å². The number of carbonyl (C=O) groups is 1. The number of hydrogen-bond donors (Lipinski definition) is 2. The molecule has 1 atom stereocenters. The summed E-state index contributed by atoms with van der Waals surface area (Å²) in [6.07, 6.45) is 2.51. The second-order valence-corrected chi connectivity index (χ2v) is 5.86. The maximum Gasteiger partial charge on any atom is 0.325 e. The van der Waals surface area contributed by atoms with E-state index in [9.17, 15) is 13.2 Å². The Balaban J connectivity index is 2.27. The van der Waals surface area contributed by atoms with Gasteiger partial charge in [-0.25, -0.2) is 13.4 Å². The molecule has 1 aromatic rings. The minimum Gasteiger partial charge on any atom is -0.465 e. The van der Waals surface area contributed by atoms with E-state index in [0.717, 1.165) is 4.31 Å². The van der Waals surface area contributed by atoms with Crippen LogP contribution in [0.25, 0.3) is 0 Å². The van der Waals surface area contributed by atoms with Gasteiger partial charge in [-0.2, -0.15) is 4.31 Å². The summed E-state index contributed by atoms with van der Waals surface area (Å²) in [6, 6.07) is -0.845. The summed E-state index contributed by atoms with van der Waals surface area (Å²) in [6.45, 7) is 2.84. The molecule has 2 heterocycles. The fraction of sp³-hybridized carbons (Fsp3) is 0.600. The number of nitrogens with one attached hydrogen (secondary N) is 2. The first-order chi connectivity index (χ1) is 9.07. The number of aromatic amines is 1. The highest BCUT2D eigenvalue weighted by Gasteiger charge is 2.39. The lowest BCUT2D eigenvalue weighted by Gasteiger charge is -2.32. The van der Waals surface area contributed by atoms with E-state index < -0.39 is 22.0 Å². The van der Waals surface area contributed by atoms with E-state index in [1.54, 1.807) is 6.92 Å². The maximum atomic E-state index is 12.4. The molecule has 1 unspecified atom stereocenters. The molecule has 1 aliphatic heterocycles. The molecule has 2 N–H and O–H groups in total. The number of hydrogen-bond acceptors (Lipinski definition) is 6. The van der Waals surface area contributed by atoms with Gasteiger partial charge >= 0.3 is 5.97 Å². The van der Waals surface area contributed by atoms with Crippen LogP contribution in [0.3, 0.4) is 0 Å². The molecule has 106 valence electrons. The Labute approximate surface area is 111 Å². The second-order valence-electron chi connectivity index (χ2n) is 4.00. The molecule has 0 amide bonds. The number of piperazine rings is 1. The Morgan fingerprint density at radius 1 is 1.63 bits per heavy atom. The molecule has 0 saturated carbocycles. The van der Waals surface area contributed by atoms with E-state index in [2.05, 4.69) is 15.3 Å². The van der Waals surface area contributed by atoms with Crippen molar-refractivity contribution >= 4 is 16.0 Å². The Morgan fingerprint density at radius 2 is 2.42 bits per heavy atom. The van der Waals surface area contributed by atoms with Crippen LogP contribution in [0.2, 0.25) is 0 Å². The van der Waals surface area contributed by atoms with Gasteiger partial charge < -0.3 is 15.0 Å². The van der Waals surface area contributed by atoms with Crippen molar-refractivity contribution in [2.45, 2.75) is 18.0 Å². The number of sulfonamides is 1. The number of rotatable bonds is 4. The minimum atomic E-state index is -3.76. The van der Waals surface area contributed by atoms with Gasteiger partial charge in [-0.15, -0.1) is 0 Å². The molecule has 19 heavy (non-hydrogen) atoms. The molecule has 1 aliphatic rings. The quantitative estimate of drug-likeness (QED) is 0.684. The van der Waals surface area contributed by atoms with E-state index in [1.165, 1.54) is 12.5 Å². The summed E-state index contributed by atoms with van der Waals surface area (Å²) in [7, 11) is -3.76. The van der Waals surface area contributed by atoms with Gasteiger partial charge in [-0.1, -0.05) is 0 Å². The molecule has 0 aromatic carbocycles.